The van der Waals surface area contributed by atoms with Gasteiger partial charge in [-0.2, -0.15) is 0 Å². The largest absolute Gasteiger partial charge is 0.758 e. The zero-order chi connectivity index (χ0) is 12.3. The van der Waals surface area contributed by atoms with Gasteiger partial charge in [-0.05, 0) is 30.6 Å². The summed E-state index contributed by atoms with van der Waals surface area (Å²) >= 11 is 1.61. The SMILES string of the molecule is CC(NC(=O)C1=CCN([O-])C=C1)c1cccs1. The number of hydrogen-bond donors (Lipinski definition) is 1. The first-order valence-corrected chi connectivity index (χ1v) is 6.21. The van der Waals surface area contributed by atoms with Crippen molar-refractivity contribution in [2.75, 3.05) is 6.54 Å². The van der Waals surface area contributed by atoms with Gasteiger partial charge in [0.25, 0.3) is 5.91 Å². The summed E-state index contributed by atoms with van der Waals surface area (Å²) in [6.07, 6.45) is 4.53. The van der Waals surface area contributed by atoms with Gasteiger partial charge < -0.3 is 15.6 Å². The van der Waals surface area contributed by atoms with E-state index in [1.165, 1.54) is 12.3 Å². The Labute approximate surface area is 104 Å². The average molecular weight is 249 g/mol. The fraction of sp³-hybridized carbons (Fsp3) is 0.250. The van der Waals surface area contributed by atoms with Gasteiger partial charge in [0.05, 0.1) is 6.04 Å². The molecule has 5 heteroatoms. The summed E-state index contributed by atoms with van der Waals surface area (Å²) in [4.78, 5) is 13.0. The first-order chi connectivity index (χ1) is 8.16. The average Bonchev–Trinajstić information content (AvgIpc) is 2.83. The van der Waals surface area contributed by atoms with Crippen LogP contribution in [0.25, 0.3) is 0 Å². The van der Waals surface area contributed by atoms with Gasteiger partial charge in [-0.25, -0.2) is 0 Å². The van der Waals surface area contributed by atoms with E-state index >= 15 is 0 Å². The highest BCUT2D eigenvalue weighted by atomic mass is 32.1. The van der Waals surface area contributed by atoms with Crippen molar-refractivity contribution in [2.45, 2.75) is 13.0 Å². The van der Waals surface area contributed by atoms with E-state index in [1.807, 2.05) is 24.4 Å². The van der Waals surface area contributed by atoms with Gasteiger partial charge >= 0.3 is 0 Å². The summed E-state index contributed by atoms with van der Waals surface area (Å²) in [6, 6.07) is 3.93. The van der Waals surface area contributed by atoms with Crippen LogP contribution in [0, 0.1) is 5.21 Å². The van der Waals surface area contributed by atoms with Crippen LogP contribution in [-0.4, -0.2) is 17.5 Å². The molecule has 2 rings (SSSR count). The lowest BCUT2D eigenvalue weighted by Crippen LogP contribution is -2.28. The molecule has 0 aliphatic carbocycles. The second-order valence-electron chi connectivity index (χ2n) is 3.79. The van der Waals surface area contributed by atoms with Crippen molar-refractivity contribution in [2.24, 2.45) is 0 Å². The molecule has 1 amide bonds. The monoisotopic (exact) mass is 249 g/mol. The van der Waals surface area contributed by atoms with Gasteiger partial charge in [0, 0.05) is 17.0 Å². The molecule has 1 aliphatic heterocycles. The van der Waals surface area contributed by atoms with Crippen LogP contribution in [0.5, 0.6) is 0 Å². The third-order valence-electron chi connectivity index (χ3n) is 2.49. The molecule has 1 aromatic heterocycles. The molecule has 0 radical (unpaired) electrons. The standard InChI is InChI=1S/C12H13N2O2S/c1-9(11-3-2-8-17-11)13-12(15)10-4-6-14(16)7-5-10/h2-6,8-9H,7H2,1H3,(H,13,15)/q-1. The van der Waals surface area contributed by atoms with Crippen molar-refractivity contribution in [3.05, 3.63) is 51.5 Å². The van der Waals surface area contributed by atoms with Crippen LogP contribution < -0.4 is 5.32 Å². The van der Waals surface area contributed by atoms with Crippen molar-refractivity contribution in [3.8, 4) is 0 Å². The molecule has 1 aromatic rings. The van der Waals surface area contributed by atoms with E-state index in [4.69, 9.17) is 0 Å². The van der Waals surface area contributed by atoms with Crippen LogP contribution in [0.15, 0.2) is 41.4 Å². The minimum absolute atomic E-state index is 0.0120. The summed E-state index contributed by atoms with van der Waals surface area (Å²) in [6.45, 7) is 2.17. The number of hydroxylamine groups is 2. The lowest BCUT2D eigenvalue weighted by Gasteiger charge is -2.27. The third-order valence-corrected chi connectivity index (χ3v) is 3.55. The van der Waals surface area contributed by atoms with Crippen LogP contribution in [-0.2, 0) is 4.79 Å². The Kier molecular flexibility index (Phi) is 3.61. The molecule has 1 unspecified atom stereocenters. The molecule has 1 atom stereocenters. The van der Waals surface area contributed by atoms with Crippen molar-refractivity contribution >= 4 is 17.2 Å². The summed E-state index contributed by atoms with van der Waals surface area (Å²) in [5, 5.41) is 16.6. The second kappa shape index (κ2) is 5.16. The molecule has 1 aliphatic rings. The summed E-state index contributed by atoms with van der Waals surface area (Å²) < 4.78 is 0. The van der Waals surface area contributed by atoms with Gasteiger partial charge in [0.15, 0.2) is 0 Å². The maximum Gasteiger partial charge on any atom is 0.251 e. The summed E-state index contributed by atoms with van der Waals surface area (Å²) in [5.41, 5.74) is 0.542. The Hall–Kier alpha value is -1.59. The number of thiophene rings is 1. The maximum absolute atomic E-state index is 11.9. The zero-order valence-corrected chi connectivity index (χ0v) is 10.2. The number of hydrogen-bond acceptors (Lipinski definition) is 4. The molecular formula is C12H13N2O2S-. The molecule has 0 saturated carbocycles. The van der Waals surface area contributed by atoms with Gasteiger partial charge in [-0.3, -0.25) is 4.79 Å². The number of rotatable bonds is 3. The van der Waals surface area contributed by atoms with Crippen LogP contribution in [0.1, 0.15) is 17.8 Å². The fourth-order valence-electron chi connectivity index (χ4n) is 1.54. The van der Waals surface area contributed by atoms with Crippen LogP contribution >= 0.6 is 11.3 Å². The molecule has 2 heterocycles. The Morgan fingerprint density at radius 1 is 1.65 bits per heavy atom. The molecule has 17 heavy (non-hydrogen) atoms. The lowest BCUT2D eigenvalue weighted by molar-refractivity contribution is -0.117. The van der Waals surface area contributed by atoms with Crippen molar-refractivity contribution in [1.29, 1.82) is 0 Å². The van der Waals surface area contributed by atoms with E-state index in [1.54, 1.807) is 17.4 Å². The van der Waals surface area contributed by atoms with Gasteiger partial charge in [0.1, 0.15) is 0 Å². The van der Waals surface area contributed by atoms with E-state index in [9.17, 15) is 10.0 Å². The van der Waals surface area contributed by atoms with E-state index in [0.717, 1.165) is 9.94 Å². The zero-order valence-electron chi connectivity index (χ0n) is 9.42. The Balaban J connectivity index is 1.96. The molecule has 4 nitrogen and oxygen atoms in total. The number of carbonyl (C=O) groups is 1. The minimum atomic E-state index is -0.143. The first kappa shape index (κ1) is 11.9. The van der Waals surface area contributed by atoms with E-state index in [2.05, 4.69) is 5.32 Å². The molecule has 0 spiro atoms. The van der Waals surface area contributed by atoms with E-state index < -0.39 is 0 Å². The van der Waals surface area contributed by atoms with Gasteiger partial charge in [-0.1, -0.05) is 12.1 Å². The predicted molar refractivity (Wildman–Crippen MR) is 68.2 cm³/mol. The van der Waals surface area contributed by atoms with Crippen molar-refractivity contribution < 1.29 is 4.79 Å². The summed E-state index contributed by atoms with van der Waals surface area (Å²) in [5.74, 6) is -0.143. The summed E-state index contributed by atoms with van der Waals surface area (Å²) in [7, 11) is 0. The topological polar surface area (TPSA) is 55.4 Å². The fourth-order valence-corrected chi connectivity index (χ4v) is 2.27. The van der Waals surface area contributed by atoms with Gasteiger partial charge in [-0.15, -0.1) is 11.3 Å². The quantitative estimate of drug-likeness (QED) is 0.893. The van der Waals surface area contributed by atoms with Gasteiger partial charge in [0.2, 0.25) is 0 Å². The number of carbonyl (C=O) groups excluding carboxylic acids is 1. The van der Waals surface area contributed by atoms with Crippen molar-refractivity contribution in [3.63, 3.8) is 0 Å². The van der Waals surface area contributed by atoms with Crippen LogP contribution in [0.4, 0.5) is 0 Å². The first-order valence-electron chi connectivity index (χ1n) is 5.33. The highest BCUT2D eigenvalue weighted by molar-refractivity contribution is 7.10. The number of amides is 1. The smallest absolute Gasteiger partial charge is 0.251 e. The molecular weight excluding hydrogens is 236 g/mol. The van der Waals surface area contributed by atoms with Crippen LogP contribution in [0.2, 0.25) is 0 Å². The second-order valence-corrected chi connectivity index (χ2v) is 4.76. The Bertz CT molecular complexity index is 451. The number of nitrogens with zero attached hydrogens (tertiary/aromatic N) is 1. The Morgan fingerprint density at radius 3 is 3.06 bits per heavy atom. The lowest BCUT2D eigenvalue weighted by atomic mass is 10.1. The predicted octanol–water partition coefficient (Wildman–Crippen LogP) is 2.18. The van der Waals surface area contributed by atoms with Crippen molar-refractivity contribution in [1.82, 2.24) is 10.4 Å². The molecule has 1 N–H and O–H groups in total. The molecule has 0 bridgehead atoms. The van der Waals surface area contributed by atoms with E-state index in [0.29, 0.717) is 5.57 Å². The normalized spacial score (nSPS) is 16.6. The van der Waals surface area contributed by atoms with E-state index in [-0.39, 0.29) is 18.5 Å². The molecule has 0 aromatic carbocycles. The Morgan fingerprint density at radius 2 is 2.47 bits per heavy atom. The highest BCUT2D eigenvalue weighted by Gasteiger charge is 2.13. The molecule has 90 valence electrons. The maximum atomic E-state index is 11.9. The minimum Gasteiger partial charge on any atom is -0.758 e. The third kappa shape index (κ3) is 2.95. The molecule has 0 saturated heterocycles. The molecule has 0 fully saturated rings. The number of nitrogens with one attached hydrogen (secondary N) is 1. The highest BCUT2D eigenvalue weighted by Crippen LogP contribution is 2.18. The van der Waals surface area contributed by atoms with Crippen LogP contribution in [0.3, 0.4) is 0 Å².